The minimum Gasteiger partial charge on any atom is -0.317 e. The van der Waals surface area contributed by atoms with Crippen molar-refractivity contribution >= 4 is 0 Å². The molecule has 0 bridgehead atoms. The maximum atomic E-state index is 12.3. The van der Waals surface area contributed by atoms with Gasteiger partial charge < -0.3 is 5.73 Å². The van der Waals surface area contributed by atoms with Crippen molar-refractivity contribution in [2.75, 3.05) is 0 Å². The molecule has 1 heterocycles. The van der Waals surface area contributed by atoms with Gasteiger partial charge in [-0.3, -0.25) is 0 Å². The van der Waals surface area contributed by atoms with Crippen LogP contribution in [0.3, 0.4) is 0 Å². The Kier molecular flexibility index (Phi) is 2.32. The molecule has 1 aromatic rings. The smallest absolute Gasteiger partial charge is 0.260 e. The van der Waals surface area contributed by atoms with Crippen LogP contribution in [-0.4, -0.2) is 16.4 Å². The highest BCUT2D eigenvalue weighted by Gasteiger charge is 2.32. The van der Waals surface area contributed by atoms with Gasteiger partial charge in [0.2, 0.25) is 0 Å². The second kappa shape index (κ2) is 3.10. The summed E-state index contributed by atoms with van der Waals surface area (Å²) in [6.07, 6.45) is 1.23. The van der Waals surface area contributed by atoms with Crippen molar-refractivity contribution in [3.63, 3.8) is 0 Å². The number of hydrogen-bond donors (Lipinski definition) is 1. The van der Waals surface area contributed by atoms with Crippen LogP contribution >= 0.6 is 0 Å². The molecule has 1 rings (SSSR count). The fraction of sp³-hybridized carbons (Fsp3) is 0.429. The predicted octanol–water partition coefficient (Wildman–Crippen LogP) is 0.916. The Labute approximate surface area is 68.6 Å². The number of hydrogen-bond acceptors (Lipinski definition) is 3. The molecule has 0 aliphatic rings. The third kappa shape index (κ3) is 1.55. The van der Waals surface area contributed by atoms with Gasteiger partial charge in [0.1, 0.15) is 11.9 Å². The van der Waals surface area contributed by atoms with E-state index in [0.29, 0.717) is 0 Å². The van der Waals surface area contributed by atoms with Crippen molar-refractivity contribution in [3.8, 4) is 0 Å². The van der Waals surface area contributed by atoms with Crippen LogP contribution < -0.4 is 5.73 Å². The standard InChI is InChI=1S/C7H9F2N3/c1-7(10,6(8)9)5-2-11-4-12-3-5/h2-4,6H,10H2,1H3. The van der Waals surface area contributed by atoms with Crippen molar-refractivity contribution in [1.82, 2.24) is 9.97 Å². The summed E-state index contributed by atoms with van der Waals surface area (Å²) in [4.78, 5) is 7.22. The van der Waals surface area contributed by atoms with Gasteiger partial charge in [0, 0.05) is 18.0 Å². The van der Waals surface area contributed by atoms with Gasteiger partial charge in [0.25, 0.3) is 6.43 Å². The molecule has 2 N–H and O–H groups in total. The zero-order chi connectivity index (χ0) is 9.19. The van der Waals surface area contributed by atoms with E-state index in [-0.39, 0.29) is 5.56 Å². The molecule has 0 amide bonds. The summed E-state index contributed by atoms with van der Waals surface area (Å²) in [5, 5.41) is 0. The van der Waals surface area contributed by atoms with E-state index in [9.17, 15) is 8.78 Å². The number of aromatic nitrogens is 2. The highest BCUT2D eigenvalue weighted by Crippen LogP contribution is 2.23. The topological polar surface area (TPSA) is 51.8 Å². The first-order valence-corrected chi connectivity index (χ1v) is 3.37. The molecule has 1 unspecified atom stereocenters. The zero-order valence-electron chi connectivity index (χ0n) is 6.54. The molecule has 0 saturated heterocycles. The van der Waals surface area contributed by atoms with Crippen LogP contribution in [0.1, 0.15) is 12.5 Å². The van der Waals surface area contributed by atoms with Gasteiger partial charge in [-0.15, -0.1) is 0 Å². The molecule has 12 heavy (non-hydrogen) atoms. The van der Waals surface area contributed by atoms with E-state index in [1.165, 1.54) is 25.6 Å². The molecule has 0 fully saturated rings. The van der Waals surface area contributed by atoms with Crippen LogP contribution in [0.2, 0.25) is 0 Å². The number of rotatable bonds is 2. The molecule has 0 saturated carbocycles. The number of nitrogens with zero attached hydrogens (tertiary/aromatic N) is 2. The summed E-state index contributed by atoms with van der Waals surface area (Å²) < 4.78 is 24.6. The second-order valence-electron chi connectivity index (χ2n) is 2.71. The Hall–Kier alpha value is -1.10. The largest absolute Gasteiger partial charge is 0.317 e. The molecular formula is C7H9F2N3. The quantitative estimate of drug-likeness (QED) is 0.723. The normalized spacial score (nSPS) is 16.1. The first kappa shape index (κ1) is 8.99. The summed E-state index contributed by atoms with van der Waals surface area (Å²) in [6.45, 7) is 1.25. The Balaban J connectivity index is 2.98. The summed E-state index contributed by atoms with van der Waals surface area (Å²) in [7, 11) is 0. The molecule has 0 aliphatic heterocycles. The van der Waals surface area contributed by atoms with Gasteiger partial charge in [0.05, 0.1) is 0 Å². The lowest BCUT2D eigenvalue weighted by Crippen LogP contribution is -2.40. The van der Waals surface area contributed by atoms with Gasteiger partial charge >= 0.3 is 0 Å². The molecular weight excluding hydrogens is 164 g/mol. The first-order valence-electron chi connectivity index (χ1n) is 3.37. The van der Waals surface area contributed by atoms with Crippen LogP contribution in [0.4, 0.5) is 8.78 Å². The summed E-state index contributed by atoms with van der Waals surface area (Å²) in [5.41, 5.74) is 3.92. The predicted molar refractivity (Wildman–Crippen MR) is 39.6 cm³/mol. The third-order valence-corrected chi connectivity index (χ3v) is 1.64. The van der Waals surface area contributed by atoms with Crippen molar-refractivity contribution in [3.05, 3.63) is 24.3 Å². The van der Waals surface area contributed by atoms with Crippen LogP contribution in [0.5, 0.6) is 0 Å². The van der Waals surface area contributed by atoms with Gasteiger partial charge in [-0.25, -0.2) is 18.7 Å². The van der Waals surface area contributed by atoms with Crippen LogP contribution in [0, 0.1) is 0 Å². The molecule has 3 nitrogen and oxygen atoms in total. The zero-order valence-corrected chi connectivity index (χ0v) is 6.54. The van der Waals surface area contributed by atoms with E-state index in [4.69, 9.17) is 5.73 Å². The summed E-state index contributed by atoms with van der Waals surface area (Å²) >= 11 is 0. The van der Waals surface area contributed by atoms with Crippen LogP contribution in [0.25, 0.3) is 0 Å². The lowest BCUT2D eigenvalue weighted by atomic mass is 9.97. The van der Waals surface area contributed by atoms with E-state index < -0.39 is 12.0 Å². The molecule has 1 atom stereocenters. The summed E-state index contributed by atoms with van der Waals surface area (Å²) in [5.74, 6) is 0. The van der Waals surface area contributed by atoms with E-state index in [1.54, 1.807) is 0 Å². The maximum absolute atomic E-state index is 12.3. The van der Waals surface area contributed by atoms with Crippen molar-refractivity contribution in [1.29, 1.82) is 0 Å². The van der Waals surface area contributed by atoms with Gasteiger partial charge in [-0.1, -0.05) is 0 Å². The molecule has 1 aromatic heterocycles. The van der Waals surface area contributed by atoms with Crippen molar-refractivity contribution < 1.29 is 8.78 Å². The second-order valence-corrected chi connectivity index (χ2v) is 2.71. The van der Waals surface area contributed by atoms with E-state index in [1.807, 2.05) is 0 Å². The summed E-state index contributed by atoms with van der Waals surface area (Å²) in [6, 6.07) is 0. The molecule has 0 spiro atoms. The third-order valence-electron chi connectivity index (χ3n) is 1.64. The fourth-order valence-corrected chi connectivity index (χ4v) is 0.703. The Morgan fingerprint density at radius 1 is 1.42 bits per heavy atom. The lowest BCUT2D eigenvalue weighted by Gasteiger charge is -2.22. The van der Waals surface area contributed by atoms with E-state index >= 15 is 0 Å². The molecule has 5 heteroatoms. The minimum atomic E-state index is -2.62. The van der Waals surface area contributed by atoms with Gasteiger partial charge in [-0.2, -0.15) is 0 Å². The Morgan fingerprint density at radius 3 is 2.33 bits per heavy atom. The van der Waals surface area contributed by atoms with Gasteiger partial charge in [-0.05, 0) is 6.92 Å². The van der Waals surface area contributed by atoms with Crippen molar-refractivity contribution in [2.45, 2.75) is 18.9 Å². The highest BCUT2D eigenvalue weighted by molar-refractivity contribution is 5.16. The Morgan fingerprint density at radius 2 is 1.92 bits per heavy atom. The fourth-order valence-electron chi connectivity index (χ4n) is 0.703. The number of halogens is 2. The SMILES string of the molecule is CC(N)(c1cncnc1)C(F)F. The van der Waals surface area contributed by atoms with Crippen molar-refractivity contribution in [2.24, 2.45) is 5.73 Å². The maximum Gasteiger partial charge on any atom is 0.260 e. The first-order chi connectivity index (χ1) is 5.55. The Bertz CT molecular complexity index is 248. The lowest BCUT2D eigenvalue weighted by molar-refractivity contribution is 0.0621. The highest BCUT2D eigenvalue weighted by atomic mass is 19.3. The number of nitrogens with two attached hydrogens (primary N) is 1. The monoisotopic (exact) mass is 173 g/mol. The van der Waals surface area contributed by atoms with E-state index in [2.05, 4.69) is 9.97 Å². The average Bonchev–Trinajstić information content (AvgIpc) is 2.06. The van der Waals surface area contributed by atoms with E-state index in [0.717, 1.165) is 0 Å². The molecule has 0 radical (unpaired) electrons. The molecule has 66 valence electrons. The average molecular weight is 173 g/mol. The molecule has 0 aliphatic carbocycles. The van der Waals surface area contributed by atoms with Gasteiger partial charge in [0.15, 0.2) is 0 Å². The molecule has 0 aromatic carbocycles. The number of alkyl halides is 2. The van der Waals surface area contributed by atoms with Crippen LogP contribution in [0.15, 0.2) is 18.7 Å². The van der Waals surface area contributed by atoms with Crippen LogP contribution in [-0.2, 0) is 5.54 Å². The minimum absolute atomic E-state index is 0.236.